The maximum absolute atomic E-state index is 8.90. The van der Waals surface area contributed by atoms with Gasteiger partial charge in [0, 0.05) is 6.04 Å². The van der Waals surface area contributed by atoms with Crippen LogP contribution in [0.1, 0.15) is 29.2 Å². The van der Waals surface area contributed by atoms with Gasteiger partial charge in [-0.25, -0.2) is 0 Å². The fraction of sp³-hybridized carbons (Fsp3) is 0.400. The Hall–Kier alpha value is -0.860. The van der Waals surface area contributed by atoms with Crippen molar-refractivity contribution in [2.45, 2.75) is 25.5 Å². The van der Waals surface area contributed by atoms with Crippen LogP contribution < -0.4 is 5.73 Å². The van der Waals surface area contributed by atoms with E-state index < -0.39 is 0 Å². The number of aliphatic hydroxyl groups excluding tert-OH is 1. The van der Waals surface area contributed by atoms with Crippen LogP contribution in [0.2, 0.25) is 0 Å². The molecule has 12 heavy (non-hydrogen) atoms. The molecule has 0 radical (unpaired) electrons. The zero-order valence-corrected chi connectivity index (χ0v) is 6.96. The first kappa shape index (κ1) is 7.77. The summed E-state index contributed by atoms with van der Waals surface area (Å²) in [6.07, 6.45) is 2.11. The smallest absolute Gasteiger partial charge is 0.0681 e. The first-order chi connectivity index (χ1) is 5.81. The van der Waals surface area contributed by atoms with E-state index in [1.807, 2.05) is 12.1 Å². The minimum Gasteiger partial charge on any atom is -0.392 e. The highest BCUT2D eigenvalue weighted by atomic mass is 16.3. The highest BCUT2D eigenvalue weighted by molar-refractivity contribution is 5.37. The van der Waals surface area contributed by atoms with Crippen molar-refractivity contribution in [3.8, 4) is 0 Å². The van der Waals surface area contributed by atoms with Crippen LogP contribution in [0.25, 0.3) is 0 Å². The second kappa shape index (κ2) is 2.88. The number of hydrogen-bond acceptors (Lipinski definition) is 2. The molecule has 1 aromatic rings. The maximum Gasteiger partial charge on any atom is 0.0681 e. The Labute approximate surface area is 72.0 Å². The van der Waals surface area contributed by atoms with Crippen molar-refractivity contribution in [1.29, 1.82) is 0 Å². The second-order valence-electron chi connectivity index (χ2n) is 3.34. The van der Waals surface area contributed by atoms with Crippen molar-refractivity contribution in [1.82, 2.24) is 0 Å². The van der Waals surface area contributed by atoms with Crippen molar-refractivity contribution in [2.24, 2.45) is 5.73 Å². The van der Waals surface area contributed by atoms with E-state index in [1.54, 1.807) is 0 Å². The number of hydrogen-bond donors (Lipinski definition) is 2. The molecule has 3 N–H and O–H groups in total. The van der Waals surface area contributed by atoms with Crippen LogP contribution in [-0.4, -0.2) is 5.11 Å². The van der Waals surface area contributed by atoms with E-state index in [0.717, 1.165) is 18.4 Å². The molecule has 0 fully saturated rings. The van der Waals surface area contributed by atoms with E-state index >= 15 is 0 Å². The van der Waals surface area contributed by atoms with Gasteiger partial charge in [-0.3, -0.25) is 0 Å². The SMILES string of the molecule is N[C@H]1CCc2cc(CO)ccc21. The number of rotatable bonds is 1. The number of aliphatic hydroxyl groups is 1. The third kappa shape index (κ3) is 1.13. The Balaban J connectivity index is 2.41. The topological polar surface area (TPSA) is 46.2 Å². The molecule has 0 aliphatic heterocycles. The first-order valence-electron chi connectivity index (χ1n) is 4.29. The van der Waals surface area contributed by atoms with Gasteiger partial charge in [0.15, 0.2) is 0 Å². The van der Waals surface area contributed by atoms with Gasteiger partial charge >= 0.3 is 0 Å². The van der Waals surface area contributed by atoms with Gasteiger partial charge in [-0.1, -0.05) is 18.2 Å². The molecule has 0 saturated heterocycles. The molecule has 0 heterocycles. The van der Waals surface area contributed by atoms with Gasteiger partial charge in [0.25, 0.3) is 0 Å². The minimum atomic E-state index is 0.127. The molecule has 0 unspecified atom stereocenters. The predicted molar refractivity (Wildman–Crippen MR) is 47.6 cm³/mol. The van der Waals surface area contributed by atoms with Crippen LogP contribution in [0, 0.1) is 0 Å². The van der Waals surface area contributed by atoms with E-state index in [2.05, 4.69) is 6.07 Å². The van der Waals surface area contributed by atoms with E-state index in [1.165, 1.54) is 11.1 Å². The highest BCUT2D eigenvalue weighted by Crippen LogP contribution is 2.29. The molecule has 1 aliphatic carbocycles. The molecule has 2 nitrogen and oxygen atoms in total. The first-order valence-corrected chi connectivity index (χ1v) is 4.29. The lowest BCUT2D eigenvalue weighted by Crippen LogP contribution is -2.04. The Morgan fingerprint density at radius 3 is 3.08 bits per heavy atom. The molecule has 2 rings (SSSR count). The molecule has 1 atom stereocenters. The van der Waals surface area contributed by atoms with Gasteiger partial charge in [0.2, 0.25) is 0 Å². The Bertz CT molecular complexity index is 296. The van der Waals surface area contributed by atoms with Gasteiger partial charge in [0.05, 0.1) is 6.61 Å². The molecule has 1 aliphatic rings. The van der Waals surface area contributed by atoms with Crippen LogP contribution >= 0.6 is 0 Å². The average Bonchev–Trinajstić information content (AvgIpc) is 2.47. The van der Waals surface area contributed by atoms with E-state index in [4.69, 9.17) is 10.8 Å². The Morgan fingerprint density at radius 2 is 2.33 bits per heavy atom. The summed E-state index contributed by atoms with van der Waals surface area (Å²) in [5.41, 5.74) is 9.43. The molecule has 0 spiro atoms. The zero-order chi connectivity index (χ0) is 8.55. The molecule has 0 aromatic heterocycles. The fourth-order valence-electron chi connectivity index (χ4n) is 1.80. The lowest BCUT2D eigenvalue weighted by Gasteiger charge is -2.04. The summed E-state index contributed by atoms with van der Waals surface area (Å²) in [7, 11) is 0. The van der Waals surface area contributed by atoms with Gasteiger partial charge in [-0.2, -0.15) is 0 Å². The second-order valence-corrected chi connectivity index (χ2v) is 3.34. The maximum atomic E-state index is 8.90. The van der Waals surface area contributed by atoms with E-state index in [0.29, 0.717) is 0 Å². The normalized spacial score (nSPS) is 21.0. The third-order valence-corrected chi connectivity index (χ3v) is 2.51. The van der Waals surface area contributed by atoms with Crippen LogP contribution in [0.5, 0.6) is 0 Å². The summed E-state index contributed by atoms with van der Waals surface area (Å²) in [5.74, 6) is 0. The zero-order valence-electron chi connectivity index (χ0n) is 6.96. The molecule has 64 valence electrons. The Morgan fingerprint density at radius 1 is 1.50 bits per heavy atom. The lowest BCUT2D eigenvalue weighted by atomic mass is 10.1. The van der Waals surface area contributed by atoms with Crippen molar-refractivity contribution < 1.29 is 5.11 Å². The predicted octanol–water partition coefficient (Wildman–Crippen LogP) is 1.12. The van der Waals surface area contributed by atoms with E-state index in [9.17, 15) is 0 Å². The quantitative estimate of drug-likeness (QED) is 0.651. The van der Waals surface area contributed by atoms with Gasteiger partial charge in [-0.05, 0) is 29.5 Å². The van der Waals surface area contributed by atoms with Crippen molar-refractivity contribution in [3.63, 3.8) is 0 Å². The summed E-state index contributed by atoms with van der Waals surface area (Å²) in [6, 6.07) is 6.26. The van der Waals surface area contributed by atoms with Gasteiger partial charge in [0.1, 0.15) is 0 Å². The minimum absolute atomic E-state index is 0.127. The van der Waals surface area contributed by atoms with Crippen LogP contribution in [0.4, 0.5) is 0 Å². The van der Waals surface area contributed by atoms with Crippen molar-refractivity contribution >= 4 is 0 Å². The molecular weight excluding hydrogens is 150 g/mol. The monoisotopic (exact) mass is 163 g/mol. The lowest BCUT2D eigenvalue weighted by molar-refractivity contribution is 0.281. The van der Waals surface area contributed by atoms with Gasteiger partial charge < -0.3 is 10.8 Å². The molecular formula is C10H13NO. The standard InChI is InChI=1S/C10H13NO/c11-10-4-2-8-5-7(6-12)1-3-9(8)10/h1,3,5,10,12H,2,4,6,11H2/t10-/m0/s1. The Kier molecular flexibility index (Phi) is 1.87. The number of fused-ring (bicyclic) bond motifs is 1. The summed E-state index contributed by atoms with van der Waals surface area (Å²) >= 11 is 0. The molecule has 0 bridgehead atoms. The molecule has 1 aromatic carbocycles. The molecule has 2 heteroatoms. The largest absolute Gasteiger partial charge is 0.392 e. The summed E-state index contributed by atoms with van der Waals surface area (Å²) in [6.45, 7) is 0.127. The highest BCUT2D eigenvalue weighted by Gasteiger charge is 2.18. The summed E-state index contributed by atoms with van der Waals surface area (Å²) < 4.78 is 0. The van der Waals surface area contributed by atoms with Crippen LogP contribution in [0.15, 0.2) is 18.2 Å². The third-order valence-electron chi connectivity index (χ3n) is 2.51. The summed E-state index contributed by atoms with van der Waals surface area (Å²) in [4.78, 5) is 0. The van der Waals surface area contributed by atoms with Crippen LogP contribution in [0.3, 0.4) is 0 Å². The van der Waals surface area contributed by atoms with Crippen molar-refractivity contribution in [2.75, 3.05) is 0 Å². The summed E-state index contributed by atoms with van der Waals surface area (Å²) in [5, 5.41) is 8.90. The number of nitrogens with two attached hydrogens (primary N) is 1. The van der Waals surface area contributed by atoms with Crippen LogP contribution in [-0.2, 0) is 13.0 Å². The number of benzene rings is 1. The van der Waals surface area contributed by atoms with E-state index in [-0.39, 0.29) is 12.6 Å². The fourth-order valence-corrected chi connectivity index (χ4v) is 1.80. The van der Waals surface area contributed by atoms with Crippen molar-refractivity contribution in [3.05, 3.63) is 34.9 Å². The van der Waals surface area contributed by atoms with Gasteiger partial charge in [-0.15, -0.1) is 0 Å². The molecule has 0 saturated carbocycles. The number of aryl methyl sites for hydroxylation is 1. The molecule has 0 amide bonds. The average molecular weight is 163 g/mol.